The molecule has 5 heteroatoms. The molecule has 5 rings (SSSR count). The van der Waals surface area contributed by atoms with Gasteiger partial charge in [-0.2, -0.15) is 0 Å². The van der Waals surface area contributed by atoms with Gasteiger partial charge in [0.1, 0.15) is 4.88 Å². The van der Waals surface area contributed by atoms with Gasteiger partial charge < -0.3 is 4.90 Å². The Labute approximate surface area is 166 Å². The van der Waals surface area contributed by atoms with Crippen molar-refractivity contribution in [2.24, 2.45) is 5.92 Å². The number of aromatic nitrogens is 1. The molecule has 144 valence electrons. The number of rotatable bonds is 4. The molecule has 4 nitrogen and oxygen atoms in total. The first kappa shape index (κ1) is 18.6. The molecule has 0 aliphatic carbocycles. The van der Waals surface area contributed by atoms with Crippen molar-refractivity contribution in [3.05, 3.63) is 51.5 Å². The molecule has 0 unspecified atom stereocenters. The highest BCUT2D eigenvalue weighted by atomic mass is 32.1. The minimum Gasteiger partial charge on any atom is -0.336 e. The van der Waals surface area contributed by atoms with Crippen molar-refractivity contribution in [3.8, 4) is 0 Å². The molecule has 0 radical (unpaired) electrons. The zero-order chi connectivity index (χ0) is 19.0. The molecule has 4 heterocycles. The average Bonchev–Trinajstić information content (AvgIpc) is 2.84. The number of thiazole rings is 1. The molecule has 0 saturated carbocycles. The third-order valence-corrected chi connectivity index (χ3v) is 7.29. The van der Waals surface area contributed by atoms with Gasteiger partial charge in [0.15, 0.2) is 0 Å². The second-order valence-corrected chi connectivity index (χ2v) is 9.37. The Morgan fingerprint density at radius 2 is 1.96 bits per heavy atom. The zero-order valence-electron chi connectivity index (χ0n) is 16.5. The number of amides is 1. The molecule has 0 N–H and O–H groups in total. The molecular formula is C22H29N3OS. The molecule has 2 bridgehead atoms. The molecule has 2 aromatic rings. The van der Waals surface area contributed by atoms with Gasteiger partial charge >= 0.3 is 0 Å². The van der Waals surface area contributed by atoms with Gasteiger partial charge in [0, 0.05) is 38.1 Å². The topological polar surface area (TPSA) is 36.4 Å². The standard InChI is InChI=1S/C22H29N3OS/c1-15(2)21-23-16(3)20(27-21)22(26)25-13-18-9-10-19(14-25)24(12-18)11-17-7-5-4-6-8-17/h4-8,15,18-19H,9-14H2,1-3H3/t18-,19-/m1/s1. The number of benzene rings is 1. The van der Waals surface area contributed by atoms with Gasteiger partial charge in [-0.25, -0.2) is 4.98 Å². The predicted octanol–water partition coefficient (Wildman–Crippen LogP) is 4.31. The Morgan fingerprint density at radius 1 is 1.19 bits per heavy atom. The minimum atomic E-state index is 0.190. The van der Waals surface area contributed by atoms with E-state index in [4.69, 9.17) is 0 Å². The summed E-state index contributed by atoms with van der Waals surface area (Å²) in [6.45, 7) is 10.1. The molecule has 3 aliphatic heterocycles. The van der Waals surface area contributed by atoms with Crippen LogP contribution in [0, 0.1) is 12.8 Å². The van der Waals surface area contributed by atoms with Crippen LogP contribution in [0.2, 0.25) is 0 Å². The number of piperidine rings is 1. The number of hydrogen-bond acceptors (Lipinski definition) is 4. The van der Waals surface area contributed by atoms with Crippen LogP contribution in [0.25, 0.3) is 0 Å². The lowest BCUT2D eigenvalue weighted by molar-refractivity contribution is 0.0740. The van der Waals surface area contributed by atoms with E-state index in [1.165, 1.54) is 18.4 Å². The third-order valence-electron chi connectivity index (χ3n) is 5.84. The van der Waals surface area contributed by atoms with Crippen molar-refractivity contribution in [1.82, 2.24) is 14.8 Å². The van der Waals surface area contributed by atoms with Gasteiger partial charge in [-0.05, 0) is 31.2 Å². The third kappa shape index (κ3) is 3.94. The van der Waals surface area contributed by atoms with Crippen LogP contribution >= 0.6 is 11.3 Å². The van der Waals surface area contributed by atoms with Crippen molar-refractivity contribution >= 4 is 17.2 Å². The minimum absolute atomic E-state index is 0.190. The first-order valence-electron chi connectivity index (χ1n) is 10.1. The number of aryl methyl sites for hydroxylation is 1. The fraction of sp³-hybridized carbons (Fsp3) is 0.545. The van der Waals surface area contributed by atoms with E-state index in [9.17, 15) is 4.79 Å². The summed E-state index contributed by atoms with van der Waals surface area (Å²) in [5, 5.41) is 1.07. The van der Waals surface area contributed by atoms with Crippen molar-refractivity contribution in [3.63, 3.8) is 0 Å². The lowest BCUT2D eigenvalue weighted by atomic mass is 9.94. The van der Waals surface area contributed by atoms with E-state index in [2.05, 4.69) is 59.0 Å². The van der Waals surface area contributed by atoms with Crippen LogP contribution in [0.5, 0.6) is 0 Å². The van der Waals surface area contributed by atoms with E-state index in [0.717, 1.165) is 41.8 Å². The highest BCUT2D eigenvalue weighted by molar-refractivity contribution is 7.13. The average molecular weight is 384 g/mol. The summed E-state index contributed by atoms with van der Waals surface area (Å²) in [7, 11) is 0. The van der Waals surface area contributed by atoms with Crippen LogP contribution in [0.15, 0.2) is 30.3 Å². The van der Waals surface area contributed by atoms with Crippen molar-refractivity contribution in [2.75, 3.05) is 19.6 Å². The second kappa shape index (κ2) is 7.72. The normalized spacial score (nSPS) is 23.0. The van der Waals surface area contributed by atoms with Crippen LogP contribution < -0.4 is 0 Å². The summed E-state index contributed by atoms with van der Waals surface area (Å²) in [5.41, 5.74) is 2.26. The number of nitrogens with zero attached hydrogens (tertiary/aromatic N) is 3. The number of carbonyl (C=O) groups excluding carboxylic acids is 1. The zero-order valence-corrected chi connectivity index (χ0v) is 17.3. The summed E-state index contributed by atoms with van der Waals surface area (Å²) in [5.74, 6) is 1.14. The molecule has 0 spiro atoms. The van der Waals surface area contributed by atoms with Crippen LogP contribution in [-0.2, 0) is 6.54 Å². The Kier molecular flexibility index (Phi) is 5.33. The summed E-state index contributed by atoms with van der Waals surface area (Å²) in [4.78, 5) is 23.4. The van der Waals surface area contributed by atoms with E-state index in [0.29, 0.717) is 17.9 Å². The van der Waals surface area contributed by atoms with Crippen LogP contribution in [0.3, 0.4) is 0 Å². The molecule has 1 aromatic carbocycles. The summed E-state index contributed by atoms with van der Waals surface area (Å²) >= 11 is 1.59. The Bertz CT molecular complexity index is 801. The maximum Gasteiger partial charge on any atom is 0.265 e. The predicted molar refractivity (Wildman–Crippen MR) is 110 cm³/mol. The largest absolute Gasteiger partial charge is 0.336 e. The molecule has 27 heavy (non-hydrogen) atoms. The quantitative estimate of drug-likeness (QED) is 0.789. The summed E-state index contributed by atoms with van der Waals surface area (Å²) in [6.07, 6.45) is 2.43. The Morgan fingerprint density at radius 3 is 2.67 bits per heavy atom. The maximum absolute atomic E-state index is 13.3. The fourth-order valence-electron chi connectivity index (χ4n) is 4.36. The molecule has 3 fully saturated rings. The first-order chi connectivity index (χ1) is 13.0. The van der Waals surface area contributed by atoms with Gasteiger partial charge in [0.2, 0.25) is 0 Å². The van der Waals surface area contributed by atoms with E-state index in [1.807, 2.05) is 6.92 Å². The first-order valence-corrected chi connectivity index (χ1v) is 10.9. The van der Waals surface area contributed by atoms with E-state index in [1.54, 1.807) is 11.3 Å². The van der Waals surface area contributed by atoms with E-state index < -0.39 is 0 Å². The molecule has 1 amide bonds. The Hall–Kier alpha value is -1.72. The van der Waals surface area contributed by atoms with Crippen LogP contribution in [-0.4, -0.2) is 46.4 Å². The van der Waals surface area contributed by atoms with Crippen molar-refractivity contribution < 1.29 is 4.79 Å². The van der Waals surface area contributed by atoms with Gasteiger partial charge in [-0.3, -0.25) is 9.69 Å². The van der Waals surface area contributed by atoms with E-state index >= 15 is 0 Å². The number of hydrogen-bond donors (Lipinski definition) is 0. The van der Waals surface area contributed by atoms with E-state index in [-0.39, 0.29) is 5.91 Å². The summed E-state index contributed by atoms with van der Waals surface area (Å²) in [6, 6.07) is 11.2. The molecule has 3 saturated heterocycles. The number of fused-ring (bicyclic) bond motifs is 4. The summed E-state index contributed by atoms with van der Waals surface area (Å²) < 4.78 is 0. The van der Waals surface area contributed by atoms with Gasteiger partial charge in [-0.15, -0.1) is 11.3 Å². The SMILES string of the molecule is Cc1nc(C(C)C)sc1C(=O)N1C[C@@H]2CC[C@H](C1)N(Cc1ccccc1)C2. The molecule has 3 aliphatic rings. The van der Waals surface area contributed by atoms with Crippen molar-refractivity contribution in [1.29, 1.82) is 0 Å². The number of carbonyl (C=O) groups is 1. The van der Waals surface area contributed by atoms with Gasteiger partial charge in [-0.1, -0.05) is 44.2 Å². The molecule has 1 aromatic heterocycles. The highest BCUT2D eigenvalue weighted by Crippen LogP contribution is 2.32. The molecular weight excluding hydrogens is 354 g/mol. The van der Waals surface area contributed by atoms with Crippen LogP contribution in [0.1, 0.15) is 58.5 Å². The second-order valence-electron chi connectivity index (χ2n) is 8.34. The maximum atomic E-state index is 13.3. The Balaban J connectivity index is 1.50. The van der Waals surface area contributed by atoms with Crippen molar-refractivity contribution in [2.45, 2.75) is 52.1 Å². The highest BCUT2D eigenvalue weighted by Gasteiger charge is 2.37. The lowest BCUT2D eigenvalue weighted by Gasteiger charge is -2.36. The van der Waals surface area contributed by atoms with Gasteiger partial charge in [0.25, 0.3) is 5.91 Å². The lowest BCUT2D eigenvalue weighted by Crippen LogP contribution is -2.43. The van der Waals surface area contributed by atoms with Crippen LogP contribution in [0.4, 0.5) is 0 Å². The monoisotopic (exact) mass is 383 g/mol. The smallest absolute Gasteiger partial charge is 0.265 e. The molecule has 2 atom stereocenters. The fourth-order valence-corrected chi connectivity index (χ4v) is 5.40. The van der Waals surface area contributed by atoms with Gasteiger partial charge in [0.05, 0.1) is 10.7 Å².